The van der Waals surface area contributed by atoms with Crippen LogP contribution in [0.2, 0.25) is 0 Å². The van der Waals surface area contributed by atoms with Crippen LogP contribution in [0.4, 0.5) is 0 Å². The van der Waals surface area contributed by atoms with Crippen LogP contribution in [0.5, 0.6) is 0 Å². The monoisotopic (exact) mass is 482 g/mol. The average molecular weight is 484 g/mol. The number of benzene rings is 2. The molecule has 0 nitrogen and oxygen atoms in total. The van der Waals surface area contributed by atoms with E-state index in [4.69, 9.17) is 0 Å². The summed E-state index contributed by atoms with van der Waals surface area (Å²) in [5.74, 6) is 0.828. The number of rotatable bonds is 4. The molecule has 0 unspecified atom stereocenters. The Kier molecular flexibility index (Phi) is 13.8. The third-order valence-corrected chi connectivity index (χ3v) is 5.01. The summed E-state index contributed by atoms with van der Waals surface area (Å²) in [6.07, 6.45) is 6.76. The standard InChI is InChI=1S/C25H29.3ClH.Ti/c1-16(2)23-8-7-9-24(23)25(21-12-17(3)10-18(4)13-21)22-14-19(5)11-20(6)15-22;;;;/h7,10-16,25H,9H2,1-6H3;3*1H;/q-1;;;;+4/p-3. The van der Waals surface area contributed by atoms with Gasteiger partial charge >= 0.3 is 21.7 Å². The first-order chi connectivity index (χ1) is 11.8. The number of halogens is 3. The Balaban J connectivity index is 0. The molecule has 1 aliphatic rings. The van der Waals surface area contributed by atoms with E-state index in [1.54, 1.807) is 0 Å². The summed E-state index contributed by atoms with van der Waals surface area (Å²) in [7, 11) is 0. The third-order valence-electron chi connectivity index (χ3n) is 5.01. The Morgan fingerprint density at radius 3 is 1.41 bits per heavy atom. The molecular weight excluding hydrogens is 455 g/mol. The molecule has 4 heteroatoms. The molecule has 2 aromatic carbocycles. The van der Waals surface area contributed by atoms with Crippen molar-refractivity contribution in [3.63, 3.8) is 0 Å². The Labute approximate surface area is 210 Å². The van der Waals surface area contributed by atoms with Crippen LogP contribution in [0.3, 0.4) is 0 Å². The molecule has 154 valence electrons. The van der Waals surface area contributed by atoms with Gasteiger partial charge in [-0.15, -0.1) is 0 Å². The molecule has 0 radical (unpaired) electrons. The van der Waals surface area contributed by atoms with E-state index in [1.165, 1.54) is 44.5 Å². The fraction of sp³-hybridized carbons (Fsp3) is 0.360. The molecule has 0 amide bonds. The van der Waals surface area contributed by atoms with Gasteiger partial charge in [0.25, 0.3) is 0 Å². The first-order valence-electron chi connectivity index (χ1n) is 9.32. The molecule has 3 rings (SSSR count). The second kappa shape index (κ2) is 13.0. The summed E-state index contributed by atoms with van der Waals surface area (Å²) in [5.41, 5.74) is 11.1. The predicted octanol–water partition coefficient (Wildman–Crippen LogP) is -2.22. The van der Waals surface area contributed by atoms with Gasteiger partial charge in [0, 0.05) is 0 Å². The van der Waals surface area contributed by atoms with Crippen LogP contribution in [-0.2, 0) is 21.7 Å². The maximum Gasteiger partial charge on any atom is 4.00 e. The Morgan fingerprint density at radius 2 is 1.07 bits per heavy atom. The topological polar surface area (TPSA) is 0 Å². The Hall–Kier alpha value is -0.496. The van der Waals surface area contributed by atoms with E-state index in [2.05, 4.69) is 90.1 Å². The largest absolute Gasteiger partial charge is 4.00 e. The van der Waals surface area contributed by atoms with Crippen LogP contribution in [0, 0.1) is 39.7 Å². The van der Waals surface area contributed by atoms with Crippen LogP contribution in [-0.4, -0.2) is 0 Å². The van der Waals surface area contributed by atoms with Crippen LogP contribution < -0.4 is 37.2 Å². The van der Waals surface area contributed by atoms with Crippen molar-refractivity contribution in [2.45, 2.75) is 53.9 Å². The molecule has 0 aliphatic heterocycles. The van der Waals surface area contributed by atoms with Gasteiger partial charge in [0.05, 0.1) is 0 Å². The molecule has 0 bridgehead atoms. The molecular formula is C25H29Cl3Ti. The number of hydrogen-bond acceptors (Lipinski definition) is 0. The van der Waals surface area contributed by atoms with Crippen molar-refractivity contribution in [3.8, 4) is 0 Å². The zero-order valence-electron chi connectivity index (χ0n) is 18.0. The second-order valence-corrected chi connectivity index (χ2v) is 7.92. The van der Waals surface area contributed by atoms with Gasteiger partial charge in [-0.05, 0) is 33.6 Å². The maximum absolute atomic E-state index is 3.54. The summed E-state index contributed by atoms with van der Waals surface area (Å²) in [6, 6.07) is 14.0. The van der Waals surface area contributed by atoms with E-state index >= 15 is 0 Å². The first kappa shape index (κ1) is 30.7. The van der Waals surface area contributed by atoms with Crippen molar-refractivity contribution in [2.24, 2.45) is 5.92 Å². The van der Waals surface area contributed by atoms with Crippen LogP contribution in [0.15, 0.2) is 53.6 Å². The summed E-state index contributed by atoms with van der Waals surface area (Å²) in [4.78, 5) is 0. The fourth-order valence-electron chi connectivity index (χ4n) is 4.23. The molecule has 0 heterocycles. The van der Waals surface area contributed by atoms with Crippen molar-refractivity contribution in [3.05, 3.63) is 93.1 Å². The van der Waals surface area contributed by atoms with E-state index < -0.39 is 0 Å². The fourth-order valence-corrected chi connectivity index (χ4v) is 4.23. The molecule has 0 saturated heterocycles. The normalized spacial score (nSPS) is 12.3. The second-order valence-electron chi connectivity index (χ2n) is 7.92. The quantitative estimate of drug-likeness (QED) is 0.342. The SMILES string of the molecule is Cc1cc(C)cc(C(C2=C(C(C)C)[C-]=CC2)c2cc(C)cc(C)c2)c1.[Cl-].[Cl-].[Cl-].[Ti+4]. The van der Waals surface area contributed by atoms with Gasteiger partial charge in [0.1, 0.15) is 0 Å². The van der Waals surface area contributed by atoms with Crippen molar-refractivity contribution in [2.75, 3.05) is 0 Å². The zero-order chi connectivity index (χ0) is 18.1. The third kappa shape index (κ3) is 7.30. The van der Waals surface area contributed by atoms with E-state index in [-0.39, 0.29) is 58.9 Å². The van der Waals surface area contributed by atoms with Gasteiger partial charge < -0.3 is 37.2 Å². The van der Waals surface area contributed by atoms with Gasteiger partial charge in [-0.25, -0.2) is 5.57 Å². The summed E-state index contributed by atoms with van der Waals surface area (Å²) in [5, 5.41) is 0. The van der Waals surface area contributed by atoms with Gasteiger partial charge in [0.15, 0.2) is 0 Å². The minimum atomic E-state index is 0. The van der Waals surface area contributed by atoms with Crippen LogP contribution >= 0.6 is 0 Å². The molecule has 0 spiro atoms. The summed E-state index contributed by atoms with van der Waals surface area (Å²) in [6.45, 7) is 13.4. The molecule has 2 aromatic rings. The molecule has 0 N–H and O–H groups in total. The van der Waals surface area contributed by atoms with Crippen LogP contribution in [0.25, 0.3) is 0 Å². The zero-order valence-corrected chi connectivity index (χ0v) is 21.9. The van der Waals surface area contributed by atoms with Crippen molar-refractivity contribution < 1.29 is 58.9 Å². The number of hydrogen-bond donors (Lipinski definition) is 0. The van der Waals surface area contributed by atoms with Crippen molar-refractivity contribution >= 4 is 0 Å². The molecule has 0 fully saturated rings. The van der Waals surface area contributed by atoms with Gasteiger partial charge in [-0.2, -0.15) is 11.6 Å². The Morgan fingerprint density at radius 1 is 0.690 bits per heavy atom. The van der Waals surface area contributed by atoms with Gasteiger partial charge in [0.2, 0.25) is 0 Å². The minimum absolute atomic E-state index is 0. The molecule has 0 saturated carbocycles. The summed E-state index contributed by atoms with van der Waals surface area (Å²) < 4.78 is 0. The van der Waals surface area contributed by atoms with E-state index in [9.17, 15) is 0 Å². The number of allylic oxidation sites excluding steroid dienone is 4. The van der Waals surface area contributed by atoms with Gasteiger partial charge in [-0.3, -0.25) is 6.08 Å². The van der Waals surface area contributed by atoms with E-state index in [0.717, 1.165) is 6.42 Å². The van der Waals surface area contributed by atoms with Crippen molar-refractivity contribution in [1.29, 1.82) is 0 Å². The molecule has 1 aliphatic carbocycles. The Bertz CT molecular complexity index is 774. The molecule has 0 aromatic heterocycles. The maximum atomic E-state index is 3.54. The number of aryl methyl sites for hydroxylation is 4. The molecule has 29 heavy (non-hydrogen) atoms. The van der Waals surface area contributed by atoms with E-state index in [1.807, 2.05) is 0 Å². The smallest absolute Gasteiger partial charge is 1.00 e. The predicted molar refractivity (Wildman–Crippen MR) is 108 cm³/mol. The summed E-state index contributed by atoms with van der Waals surface area (Å²) >= 11 is 0. The molecule has 0 atom stereocenters. The van der Waals surface area contributed by atoms with Crippen LogP contribution in [0.1, 0.15) is 59.6 Å². The minimum Gasteiger partial charge on any atom is -1.00 e. The first-order valence-corrected chi connectivity index (χ1v) is 9.32. The van der Waals surface area contributed by atoms with Crippen molar-refractivity contribution in [1.82, 2.24) is 0 Å². The van der Waals surface area contributed by atoms with Gasteiger partial charge in [-0.1, -0.05) is 96.0 Å². The van der Waals surface area contributed by atoms with E-state index in [0.29, 0.717) is 11.8 Å². The average Bonchev–Trinajstić information content (AvgIpc) is 2.94.